The van der Waals surface area contributed by atoms with Gasteiger partial charge in [-0.25, -0.2) is 4.39 Å². The van der Waals surface area contributed by atoms with Crippen LogP contribution < -0.4 is 4.74 Å². The number of nitriles is 1. The van der Waals surface area contributed by atoms with Crippen LogP contribution in [-0.4, -0.2) is 0 Å². The van der Waals surface area contributed by atoms with Gasteiger partial charge in [-0.3, -0.25) is 0 Å². The molecule has 0 aromatic heterocycles. The summed E-state index contributed by atoms with van der Waals surface area (Å²) < 4.78 is 19.2. The van der Waals surface area contributed by atoms with Crippen molar-refractivity contribution in [1.29, 1.82) is 5.26 Å². The molecule has 0 aliphatic carbocycles. The lowest BCUT2D eigenvalue weighted by Crippen LogP contribution is -1.92. The molecule has 0 N–H and O–H groups in total. The quantitative estimate of drug-likeness (QED) is 0.740. The van der Waals surface area contributed by atoms with Gasteiger partial charge < -0.3 is 4.74 Å². The number of hydrogen-bond acceptors (Lipinski definition) is 2. The van der Waals surface area contributed by atoms with Gasteiger partial charge in [0.2, 0.25) is 0 Å². The minimum Gasteiger partial charge on any atom is -0.454 e. The van der Waals surface area contributed by atoms with Crippen molar-refractivity contribution in [3.8, 4) is 17.6 Å². The molecule has 0 saturated heterocycles. The Morgan fingerprint density at radius 1 is 1.16 bits per heavy atom. The Labute approximate surface area is 119 Å². The molecule has 5 heteroatoms. The highest BCUT2D eigenvalue weighted by molar-refractivity contribution is 6.30. The van der Waals surface area contributed by atoms with E-state index in [9.17, 15) is 4.39 Å². The van der Waals surface area contributed by atoms with Crippen LogP contribution in [0.25, 0.3) is 0 Å². The monoisotopic (exact) mass is 295 g/mol. The molecule has 0 amide bonds. The van der Waals surface area contributed by atoms with E-state index in [0.29, 0.717) is 16.3 Å². The molecule has 0 aliphatic heterocycles. The van der Waals surface area contributed by atoms with Gasteiger partial charge in [0, 0.05) is 5.02 Å². The van der Waals surface area contributed by atoms with Gasteiger partial charge in [-0.05, 0) is 42.0 Å². The Hall–Kier alpha value is -1.76. The van der Waals surface area contributed by atoms with Crippen molar-refractivity contribution in [2.45, 2.75) is 5.38 Å². The van der Waals surface area contributed by atoms with E-state index in [2.05, 4.69) is 0 Å². The highest BCUT2D eigenvalue weighted by atomic mass is 35.5. The number of nitrogens with zero attached hydrogens (tertiary/aromatic N) is 1. The summed E-state index contributed by atoms with van der Waals surface area (Å²) in [6, 6.07) is 12.6. The van der Waals surface area contributed by atoms with Crippen LogP contribution in [0.4, 0.5) is 4.39 Å². The van der Waals surface area contributed by atoms with Crippen molar-refractivity contribution in [1.82, 2.24) is 0 Å². The molecule has 2 aromatic rings. The summed E-state index contributed by atoms with van der Waals surface area (Å²) in [6.45, 7) is 0. The summed E-state index contributed by atoms with van der Waals surface area (Å²) in [6.07, 6.45) is 0. The normalized spacial score (nSPS) is 11.7. The van der Waals surface area contributed by atoms with Crippen LogP contribution in [0, 0.1) is 17.1 Å². The molecule has 1 unspecified atom stereocenters. The van der Waals surface area contributed by atoms with Crippen molar-refractivity contribution in [3.05, 3.63) is 58.9 Å². The Bertz CT molecular complexity index is 622. The van der Waals surface area contributed by atoms with Crippen molar-refractivity contribution < 1.29 is 9.13 Å². The Kier molecular flexibility index (Phi) is 4.26. The van der Waals surface area contributed by atoms with Gasteiger partial charge in [-0.1, -0.05) is 17.7 Å². The Balaban J connectivity index is 2.22. The predicted octanol–water partition coefficient (Wildman–Crippen LogP) is 5.07. The van der Waals surface area contributed by atoms with E-state index in [1.54, 1.807) is 30.3 Å². The fourth-order valence-corrected chi connectivity index (χ4v) is 1.72. The maximum Gasteiger partial charge on any atom is 0.166 e. The molecule has 96 valence electrons. The standard InChI is InChI=1S/C14H8Cl2FNO/c15-10-2-4-11(5-3-10)19-14-6-1-9(7-13(14)17)12(16)8-18/h1-7,12H. The molecular weight excluding hydrogens is 288 g/mol. The van der Waals surface area contributed by atoms with Crippen molar-refractivity contribution in [2.75, 3.05) is 0 Å². The lowest BCUT2D eigenvalue weighted by Gasteiger charge is -2.08. The largest absolute Gasteiger partial charge is 0.454 e. The number of ether oxygens (including phenoxy) is 1. The minimum absolute atomic E-state index is 0.0629. The van der Waals surface area contributed by atoms with Crippen LogP contribution in [-0.2, 0) is 0 Å². The maximum absolute atomic E-state index is 13.8. The van der Waals surface area contributed by atoms with E-state index >= 15 is 0 Å². The zero-order chi connectivity index (χ0) is 13.8. The molecule has 0 bridgehead atoms. The molecule has 1 atom stereocenters. The summed E-state index contributed by atoms with van der Waals surface area (Å²) in [5, 5.41) is 8.36. The molecule has 19 heavy (non-hydrogen) atoms. The van der Waals surface area contributed by atoms with Crippen molar-refractivity contribution >= 4 is 23.2 Å². The first kappa shape index (κ1) is 13.7. The number of rotatable bonds is 3. The fraction of sp³-hybridized carbons (Fsp3) is 0.0714. The van der Waals surface area contributed by atoms with Gasteiger partial charge in [-0.2, -0.15) is 5.26 Å². The number of halogens is 3. The SMILES string of the molecule is N#CC(Cl)c1ccc(Oc2ccc(Cl)cc2)c(F)c1. The molecule has 2 rings (SSSR count). The zero-order valence-corrected chi connectivity index (χ0v) is 11.1. The molecule has 0 fully saturated rings. The minimum atomic E-state index is -0.876. The summed E-state index contributed by atoms with van der Waals surface area (Å²) in [5.41, 5.74) is 0.394. The summed E-state index contributed by atoms with van der Waals surface area (Å²) in [7, 11) is 0. The second kappa shape index (κ2) is 5.92. The van der Waals surface area contributed by atoms with Gasteiger partial charge >= 0.3 is 0 Å². The van der Waals surface area contributed by atoms with Crippen LogP contribution in [0.3, 0.4) is 0 Å². The lowest BCUT2D eigenvalue weighted by molar-refractivity contribution is 0.442. The van der Waals surface area contributed by atoms with E-state index < -0.39 is 11.2 Å². The third-order valence-electron chi connectivity index (χ3n) is 2.40. The van der Waals surface area contributed by atoms with Crippen molar-refractivity contribution in [2.24, 2.45) is 0 Å². The summed E-state index contributed by atoms with van der Waals surface area (Å²) >= 11 is 11.5. The third-order valence-corrected chi connectivity index (χ3v) is 3.00. The van der Waals surface area contributed by atoms with Crippen LogP contribution in [0.5, 0.6) is 11.5 Å². The van der Waals surface area contributed by atoms with Crippen LogP contribution in [0.15, 0.2) is 42.5 Å². The Morgan fingerprint density at radius 2 is 1.84 bits per heavy atom. The van der Waals surface area contributed by atoms with Crippen LogP contribution >= 0.6 is 23.2 Å². The molecule has 0 saturated carbocycles. The number of hydrogen-bond donors (Lipinski definition) is 0. The highest BCUT2D eigenvalue weighted by Crippen LogP contribution is 2.29. The molecule has 2 aromatic carbocycles. The second-order valence-corrected chi connectivity index (χ2v) is 4.61. The smallest absolute Gasteiger partial charge is 0.166 e. The summed E-state index contributed by atoms with van der Waals surface area (Å²) in [4.78, 5) is 0. The first-order valence-corrected chi connectivity index (χ1v) is 6.18. The molecule has 0 heterocycles. The zero-order valence-electron chi connectivity index (χ0n) is 9.61. The van der Waals surface area contributed by atoms with Gasteiger partial charge in [0.15, 0.2) is 11.6 Å². The number of benzene rings is 2. The van der Waals surface area contributed by atoms with Crippen LogP contribution in [0.1, 0.15) is 10.9 Å². The van der Waals surface area contributed by atoms with Gasteiger partial charge in [0.05, 0.1) is 6.07 Å². The molecule has 0 aliphatic rings. The average molecular weight is 296 g/mol. The van der Waals surface area contributed by atoms with E-state index in [0.717, 1.165) is 0 Å². The third kappa shape index (κ3) is 3.37. The second-order valence-electron chi connectivity index (χ2n) is 3.74. The highest BCUT2D eigenvalue weighted by Gasteiger charge is 2.11. The molecule has 0 radical (unpaired) electrons. The van der Waals surface area contributed by atoms with E-state index in [1.807, 2.05) is 6.07 Å². The molecule has 0 spiro atoms. The van der Waals surface area contributed by atoms with Gasteiger partial charge in [-0.15, -0.1) is 11.6 Å². The Morgan fingerprint density at radius 3 is 2.42 bits per heavy atom. The van der Waals surface area contributed by atoms with Crippen molar-refractivity contribution in [3.63, 3.8) is 0 Å². The van der Waals surface area contributed by atoms with Gasteiger partial charge in [0.25, 0.3) is 0 Å². The lowest BCUT2D eigenvalue weighted by atomic mass is 10.1. The first-order chi connectivity index (χ1) is 9.10. The molecule has 2 nitrogen and oxygen atoms in total. The summed E-state index contributed by atoms with van der Waals surface area (Å²) in [5.74, 6) is -0.0417. The van der Waals surface area contributed by atoms with E-state index in [1.165, 1.54) is 12.1 Å². The van der Waals surface area contributed by atoms with E-state index in [-0.39, 0.29) is 5.75 Å². The van der Waals surface area contributed by atoms with E-state index in [4.69, 9.17) is 33.2 Å². The fourth-order valence-electron chi connectivity index (χ4n) is 1.46. The predicted molar refractivity (Wildman–Crippen MR) is 72.1 cm³/mol. The van der Waals surface area contributed by atoms with Gasteiger partial charge in [0.1, 0.15) is 11.1 Å². The first-order valence-electron chi connectivity index (χ1n) is 5.36. The molecular formula is C14H8Cl2FNO. The van der Waals surface area contributed by atoms with Crippen LogP contribution in [0.2, 0.25) is 5.02 Å². The average Bonchev–Trinajstić information content (AvgIpc) is 2.42. The number of alkyl halides is 1. The maximum atomic E-state index is 13.8. The topological polar surface area (TPSA) is 33.0 Å².